The van der Waals surface area contributed by atoms with Gasteiger partial charge in [0.2, 0.25) is 0 Å². The Balaban J connectivity index is 2.06. The number of aromatic amines is 1. The van der Waals surface area contributed by atoms with Crippen LogP contribution < -0.4 is 10.0 Å². The van der Waals surface area contributed by atoms with E-state index in [-0.39, 0.29) is 11.9 Å². The Bertz CT molecular complexity index is 569. The van der Waals surface area contributed by atoms with Gasteiger partial charge in [-0.3, -0.25) is 18.8 Å². The number of hydrogen-bond donors (Lipinski definition) is 4. The molecule has 6 nitrogen and oxygen atoms in total. The highest BCUT2D eigenvalue weighted by Gasteiger charge is 2.21. The van der Waals surface area contributed by atoms with E-state index in [1.807, 2.05) is 26.0 Å². The average Bonchev–Trinajstić information content (AvgIpc) is 3.01. The van der Waals surface area contributed by atoms with Crippen molar-refractivity contribution in [1.82, 2.24) is 20.2 Å². The Morgan fingerprint density at radius 2 is 2.20 bits per heavy atom. The quantitative estimate of drug-likeness (QED) is 0.599. The number of carbonyl (C=O) groups is 1. The molecule has 0 spiro atoms. The summed E-state index contributed by atoms with van der Waals surface area (Å²) < 4.78 is 15.0. The van der Waals surface area contributed by atoms with Gasteiger partial charge in [-0.15, -0.1) is 0 Å². The molecule has 0 fully saturated rings. The number of nitrogens with zero attached hydrogens (tertiary/aromatic N) is 1. The van der Waals surface area contributed by atoms with Crippen molar-refractivity contribution < 1.29 is 9.00 Å². The van der Waals surface area contributed by atoms with Crippen molar-refractivity contribution in [2.45, 2.75) is 19.9 Å². The molecule has 0 bridgehead atoms. The third kappa shape index (κ3) is 3.16. The SMILES string of the molecule is CC[SH](=O)(CC)NC(=O)C1=CC=CC(c2cn[nH]c2)N1. The molecule has 0 aliphatic carbocycles. The van der Waals surface area contributed by atoms with Gasteiger partial charge in [0.05, 0.1) is 12.2 Å². The summed E-state index contributed by atoms with van der Waals surface area (Å²) in [5.74, 6) is 0.599. The molecule has 2 rings (SSSR count). The molecule has 1 aliphatic heterocycles. The summed E-state index contributed by atoms with van der Waals surface area (Å²) in [6.45, 7) is 3.64. The first kappa shape index (κ1) is 14.5. The summed E-state index contributed by atoms with van der Waals surface area (Å²) in [5.41, 5.74) is 1.36. The van der Waals surface area contributed by atoms with Crippen LogP contribution in [0, 0.1) is 0 Å². The molecule has 1 aromatic rings. The molecular weight excluding hydrogens is 276 g/mol. The van der Waals surface area contributed by atoms with Crippen LogP contribution in [-0.2, 0) is 14.9 Å². The van der Waals surface area contributed by atoms with Crippen LogP contribution >= 0.6 is 0 Å². The van der Waals surface area contributed by atoms with E-state index in [2.05, 4.69) is 20.2 Å². The lowest BCUT2D eigenvalue weighted by molar-refractivity contribution is -0.116. The van der Waals surface area contributed by atoms with Gasteiger partial charge in [0, 0.05) is 23.3 Å². The van der Waals surface area contributed by atoms with Crippen molar-refractivity contribution in [3.05, 3.63) is 41.9 Å². The van der Waals surface area contributed by atoms with Crippen molar-refractivity contribution in [2.24, 2.45) is 0 Å². The van der Waals surface area contributed by atoms with E-state index in [9.17, 15) is 9.00 Å². The zero-order valence-electron chi connectivity index (χ0n) is 11.6. The van der Waals surface area contributed by atoms with Crippen LogP contribution in [0.15, 0.2) is 36.3 Å². The lowest BCUT2D eigenvalue weighted by atomic mass is 10.1. The predicted molar refractivity (Wildman–Crippen MR) is 80.4 cm³/mol. The zero-order valence-corrected chi connectivity index (χ0v) is 12.5. The maximum absolute atomic E-state index is 12.3. The molecule has 2 heterocycles. The fourth-order valence-electron chi connectivity index (χ4n) is 1.92. The number of carbonyl (C=O) groups excluding carboxylic acids is 1. The number of amides is 1. The lowest BCUT2D eigenvalue weighted by Gasteiger charge is -2.25. The first-order chi connectivity index (χ1) is 9.58. The second-order valence-electron chi connectivity index (χ2n) is 4.58. The number of hydrogen-bond acceptors (Lipinski definition) is 4. The van der Waals surface area contributed by atoms with E-state index in [1.54, 1.807) is 18.5 Å². The van der Waals surface area contributed by atoms with Crippen LogP contribution in [0.4, 0.5) is 0 Å². The van der Waals surface area contributed by atoms with E-state index in [4.69, 9.17) is 0 Å². The summed E-state index contributed by atoms with van der Waals surface area (Å²) in [6.07, 6.45) is 8.89. The van der Waals surface area contributed by atoms with Gasteiger partial charge >= 0.3 is 0 Å². The summed E-state index contributed by atoms with van der Waals surface area (Å²) >= 11 is 0. The normalized spacial score (nSPS) is 19.1. The van der Waals surface area contributed by atoms with Gasteiger partial charge in [-0.25, -0.2) is 0 Å². The van der Waals surface area contributed by atoms with E-state index in [1.165, 1.54) is 0 Å². The number of thiol groups is 1. The largest absolute Gasteiger partial charge is 0.370 e. The van der Waals surface area contributed by atoms with E-state index in [0.717, 1.165) is 5.56 Å². The Labute approximate surface area is 119 Å². The smallest absolute Gasteiger partial charge is 0.277 e. The van der Waals surface area contributed by atoms with Crippen molar-refractivity contribution in [1.29, 1.82) is 0 Å². The van der Waals surface area contributed by atoms with Gasteiger partial charge in [0.1, 0.15) is 5.70 Å². The van der Waals surface area contributed by atoms with Crippen molar-refractivity contribution >= 4 is 16.0 Å². The molecule has 1 atom stereocenters. The van der Waals surface area contributed by atoms with Crippen LogP contribution in [0.3, 0.4) is 0 Å². The summed E-state index contributed by atoms with van der Waals surface area (Å²) in [6, 6.07) is -0.109. The minimum Gasteiger partial charge on any atom is -0.370 e. The summed E-state index contributed by atoms with van der Waals surface area (Å²) in [7, 11) is -2.61. The second-order valence-corrected chi connectivity index (χ2v) is 7.85. The summed E-state index contributed by atoms with van der Waals surface area (Å²) in [4.78, 5) is 12.2. The molecule has 1 unspecified atom stereocenters. The van der Waals surface area contributed by atoms with E-state index in [0.29, 0.717) is 17.2 Å². The Kier molecular flexibility index (Phi) is 4.39. The standard InChI is InChI=1S/C13H20N4O2S/c1-3-20(19,4-2)17-13(18)12-7-5-6-11(16-12)10-8-14-15-9-10/h5-9,11,16,20H,3-4H2,1-2H3,(H,14,15)(H,17,18,19). The van der Waals surface area contributed by atoms with E-state index < -0.39 is 10.1 Å². The number of H-pyrrole nitrogens is 1. The number of dihydropyridines is 1. The highest BCUT2D eigenvalue weighted by molar-refractivity contribution is 8.01. The van der Waals surface area contributed by atoms with Crippen LogP contribution in [0.25, 0.3) is 0 Å². The number of allylic oxidation sites excluding steroid dienone is 2. The van der Waals surface area contributed by atoms with Crippen molar-refractivity contribution in [3.8, 4) is 0 Å². The minimum atomic E-state index is -2.61. The van der Waals surface area contributed by atoms with Gasteiger partial charge < -0.3 is 5.32 Å². The topological polar surface area (TPSA) is 86.9 Å². The Hall–Kier alpha value is -1.89. The maximum Gasteiger partial charge on any atom is 0.277 e. The van der Waals surface area contributed by atoms with Gasteiger partial charge in [-0.2, -0.15) is 5.10 Å². The monoisotopic (exact) mass is 296 g/mol. The van der Waals surface area contributed by atoms with Crippen LogP contribution in [0.1, 0.15) is 25.5 Å². The minimum absolute atomic E-state index is 0.109. The van der Waals surface area contributed by atoms with Crippen LogP contribution in [-0.4, -0.2) is 31.8 Å². The average molecular weight is 296 g/mol. The van der Waals surface area contributed by atoms with Crippen molar-refractivity contribution in [3.63, 3.8) is 0 Å². The summed E-state index contributed by atoms with van der Waals surface area (Å²) in [5, 5.41) is 9.74. The maximum atomic E-state index is 12.3. The molecule has 110 valence electrons. The van der Waals surface area contributed by atoms with Crippen LogP contribution in [0.5, 0.6) is 0 Å². The molecule has 3 N–H and O–H groups in total. The molecule has 1 aliphatic rings. The number of rotatable bonds is 5. The molecule has 0 saturated heterocycles. The first-order valence-corrected chi connectivity index (χ1v) is 8.70. The predicted octanol–water partition coefficient (Wildman–Crippen LogP) is 0.582. The molecule has 20 heavy (non-hydrogen) atoms. The third-order valence-corrected chi connectivity index (χ3v) is 5.98. The molecule has 7 heteroatoms. The third-order valence-electron chi connectivity index (χ3n) is 3.33. The van der Waals surface area contributed by atoms with Crippen LogP contribution in [0.2, 0.25) is 0 Å². The molecule has 1 amide bonds. The van der Waals surface area contributed by atoms with E-state index >= 15 is 0 Å². The fourth-order valence-corrected chi connectivity index (χ4v) is 3.17. The Morgan fingerprint density at radius 3 is 2.80 bits per heavy atom. The fraction of sp³-hybridized carbons (Fsp3) is 0.385. The Morgan fingerprint density at radius 1 is 1.45 bits per heavy atom. The molecule has 0 radical (unpaired) electrons. The van der Waals surface area contributed by atoms with Gasteiger partial charge in [-0.1, -0.05) is 26.0 Å². The first-order valence-electron chi connectivity index (χ1n) is 6.62. The van der Waals surface area contributed by atoms with Gasteiger partial charge in [-0.05, 0) is 16.2 Å². The molecule has 1 aromatic heterocycles. The second kappa shape index (κ2) is 6.04. The zero-order chi connectivity index (χ0) is 14.6. The molecular formula is C13H20N4O2S. The molecule has 0 saturated carbocycles. The highest BCUT2D eigenvalue weighted by Crippen LogP contribution is 2.18. The highest BCUT2D eigenvalue weighted by atomic mass is 32.3. The van der Waals surface area contributed by atoms with Crippen molar-refractivity contribution in [2.75, 3.05) is 11.5 Å². The van der Waals surface area contributed by atoms with Gasteiger partial charge in [0.25, 0.3) is 5.91 Å². The van der Waals surface area contributed by atoms with Gasteiger partial charge in [0.15, 0.2) is 0 Å². The number of aromatic nitrogens is 2. The lowest BCUT2D eigenvalue weighted by Crippen LogP contribution is -2.43. The molecule has 0 aromatic carbocycles. The number of nitrogens with one attached hydrogen (secondary N) is 3.